The second-order valence-corrected chi connectivity index (χ2v) is 8.61. The summed E-state index contributed by atoms with van der Waals surface area (Å²) in [6, 6.07) is 12.9. The third-order valence-electron chi connectivity index (χ3n) is 4.39. The highest BCUT2D eigenvalue weighted by atomic mass is 32.1. The Bertz CT molecular complexity index is 1250. The first-order chi connectivity index (χ1) is 15.7. The van der Waals surface area contributed by atoms with Crippen molar-refractivity contribution >= 4 is 51.0 Å². The third kappa shape index (κ3) is 6.08. The maximum absolute atomic E-state index is 13.0. The van der Waals surface area contributed by atoms with Gasteiger partial charge in [-0.15, -0.1) is 22.7 Å². The number of nitrogen functional groups attached to an aromatic ring is 1. The second-order valence-electron chi connectivity index (χ2n) is 6.67. The van der Waals surface area contributed by atoms with E-state index in [1.54, 1.807) is 17.4 Å². The highest BCUT2D eigenvalue weighted by Crippen LogP contribution is 2.42. The maximum Gasteiger partial charge on any atom is 0.416 e. The van der Waals surface area contributed by atoms with E-state index in [4.69, 9.17) is 10.8 Å². The van der Waals surface area contributed by atoms with Crippen molar-refractivity contribution in [2.45, 2.75) is 12.6 Å². The first kappa shape index (κ1) is 24.2. The minimum atomic E-state index is -4.38. The Balaban J connectivity index is 0.000000331. The van der Waals surface area contributed by atoms with Gasteiger partial charge in [0, 0.05) is 11.9 Å². The summed E-state index contributed by atoms with van der Waals surface area (Å²) in [5, 5.41) is 12.9. The van der Waals surface area contributed by atoms with Crippen molar-refractivity contribution in [1.82, 2.24) is 10.3 Å². The standard InChI is InChI=1S/C18H11F3N2S2.C4H7NO3/c19-18(20,21)11-4-1-3-10(9-11)16-15(22)12-6-7-13(23-17(12)25-16)14-5-2-8-24-14;6-3-5-2-1-4(7)8/h1-9H,22H2;3H,1-2H2,(H,5,6)(H,7,8). The number of nitrogens with two attached hydrogens (primary N) is 1. The molecule has 0 fully saturated rings. The number of thiophene rings is 2. The normalized spacial score (nSPS) is 11.0. The quantitative estimate of drug-likeness (QED) is 0.243. The van der Waals surface area contributed by atoms with Crippen LogP contribution in [0.3, 0.4) is 0 Å². The Morgan fingerprint density at radius 1 is 1.18 bits per heavy atom. The van der Waals surface area contributed by atoms with Gasteiger partial charge in [0.05, 0.1) is 33.1 Å². The van der Waals surface area contributed by atoms with E-state index in [1.807, 2.05) is 29.6 Å². The van der Waals surface area contributed by atoms with Crippen LogP contribution in [0.15, 0.2) is 53.9 Å². The van der Waals surface area contributed by atoms with Gasteiger partial charge in [-0.05, 0) is 41.3 Å². The average Bonchev–Trinajstić information content (AvgIpc) is 3.42. The molecule has 0 radical (unpaired) electrons. The molecule has 0 unspecified atom stereocenters. The van der Waals surface area contributed by atoms with Crippen LogP contribution >= 0.6 is 22.7 Å². The first-order valence-electron chi connectivity index (χ1n) is 9.50. The third-order valence-corrected chi connectivity index (χ3v) is 6.44. The number of pyridine rings is 1. The zero-order valence-corrected chi connectivity index (χ0v) is 18.6. The van der Waals surface area contributed by atoms with E-state index in [9.17, 15) is 22.8 Å². The molecule has 4 aromatic rings. The lowest BCUT2D eigenvalue weighted by Gasteiger charge is -2.08. The van der Waals surface area contributed by atoms with Gasteiger partial charge in [0.2, 0.25) is 6.41 Å². The monoisotopic (exact) mass is 493 g/mol. The van der Waals surface area contributed by atoms with Crippen LogP contribution in [-0.2, 0) is 15.8 Å². The Hall–Kier alpha value is -3.44. The van der Waals surface area contributed by atoms with Crippen LogP contribution in [0.1, 0.15) is 12.0 Å². The van der Waals surface area contributed by atoms with Gasteiger partial charge in [0.1, 0.15) is 4.83 Å². The van der Waals surface area contributed by atoms with Crippen molar-refractivity contribution < 1.29 is 27.9 Å². The van der Waals surface area contributed by atoms with Crippen LogP contribution in [0.5, 0.6) is 0 Å². The number of carbonyl (C=O) groups is 2. The number of alkyl halides is 3. The van der Waals surface area contributed by atoms with Crippen LogP contribution < -0.4 is 11.1 Å². The van der Waals surface area contributed by atoms with Crippen molar-refractivity contribution in [3.05, 3.63) is 59.5 Å². The fourth-order valence-corrected chi connectivity index (χ4v) is 4.63. The number of carbonyl (C=O) groups excluding carboxylic acids is 1. The molecule has 33 heavy (non-hydrogen) atoms. The van der Waals surface area contributed by atoms with Gasteiger partial charge in [-0.25, -0.2) is 4.98 Å². The van der Waals surface area contributed by atoms with Crippen molar-refractivity contribution in [1.29, 1.82) is 0 Å². The number of hydrogen-bond donors (Lipinski definition) is 3. The number of carboxylic acid groups (broad SMARTS) is 1. The predicted octanol–water partition coefficient (Wildman–Crippen LogP) is 5.50. The Labute approximate surface area is 194 Å². The molecule has 1 amide bonds. The van der Waals surface area contributed by atoms with Crippen molar-refractivity contribution in [2.24, 2.45) is 0 Å². The average molecular weight is 494 g/mol. The molecule has 11 heteroatoms. The molecule has 0 aliphatic carbocycles. The summed E-state index contributed by atoms with van der Waals surface area (Å²) in [6.45, 7) is 0.207. The number of nitrogens with zero attached hydrogens (tertiary/aromatic N) is 1. The van der Waals surface area contributed by atoms with E-state index in [-0.39, 0.29) is 13.0 Å². The molecule has 172 valence electrons. The number of aromatic nitrogens is 1. The number of rotatable bonds is 6. The number of benzene rings is 1. The minimum absolute atomic E-state index is 0.0151. The molecular weight excluding hydrogens is 475 g/mol. The zero-order chi connectivity index (χ0) is 24.0. The molecule has 4 rings (SSSR count). The number of anilines is 1. The lowest BCUT2D eigenvalue weighted by molar-refractivity contribution is -0.138. The fourth-order valence-electron chi connectivity index (χ4n) is 2.85. The van der Waals surface area contributed by atoms with Gasteiger partial charge in [0.25, 0.3) is 0 Å². The van der Waals surface area contributed by atoms with Gasteiger partial charge >= 0.3 is 12.1 Å². The van der Waals surface area contributed by atoms with Crippen LogP contribution in [-0.4, -0.2) is 29.0 Å². The van der Waals surface area contributed by atoms with E-state index >= 15 is 0 Å². The van der Waals surface area contributed by atoms with Crippen LogP contribution in [0.25, 0.3) is 31.2 Å². The number of amides is 1. The molecule has 0 saturated carbocycles. The summed E-state index contributed by atoms with van der Waals surface area (Å²) in [5.41, 5.74) is 7.25. The zero-order valence-electron chi connectivity index (χ0n) is 16.9. The molecule has 0 aliphatic rings. The SMILES string of the molecule is Nc1c(-c2cccc(C(F)(F)F)c2)sc2nc(-c3cccs3)ccc12.O=CNCCC(=O)O. The Morgan fingerprint density at radius 2 is 1.97 bits per heavy atom. The highest BCUT2D eigenvalue weighted by Gasteiger charge is 2.30. The second kappa shape index (κ2) is 10.5. The topological polar surface area (TPSA) is 105 Å². The summed E-state index contributed by atoms with van der Waals surface area (Å²) in [7, 11) is 0. The molecule has 4 N–H and O–H groups in total. The van der Waals surface area contributed by atoms with Gasteiger partial charge in [-0.3, -0.25) is 9.59 Å². The van der Waals surface area contributed by atoms with E-state index in [1.165, 1.54) is 17.4 Å². The number of halogens is 3. The van der Waals surface area contributed by atoms with Crippen molar-refractivity contribution in [3.63, 3.8) is 0 Å². The van der Waals surface area contributed by atoms with Crippen molar-refractivity contribution in [2.75, 3.05) is 12.3 Å². The van der Waals surface area contributed by atoms with Crippen LogP contribution in [0.2, 0.25) is 0 Å². The molecule has 0 bridgehead atoms. The molecule has 3 aromatic heterocycles. The molecule has 0 spiro atoms. The number of aliphatic carboxylic acids is 1. The Kier molecular flexibility index (Phi) is 7.67. The lowest BCUT2D eigenvalue weighted by Crippen LogP contribution is -2.15. The number of fused-ring (bicyclic) bond motifs is 1. The fraction of sp³-hybridized carbons (Fsp3) is 0.136. The molecular formula is C22H18F3N3O3S2. The largest absolute Gasteiger partial charge is 0.481 e. The highest BCUT2D eigenvalue weighted by molar-refractivity contribution is 7.22. The van der Waals surface area contributed by atoms with Gasteiger partial charge in [-0.2, -0.15) is 13.2 Å². The van der Waals surface area contributed by atoms with E-state index in [0.29, 0.717) is 22.5 Å². The van der Waals surface area contributed by atoms with E-state index < -0.39 is 17.7 Å². The first-order valence-corrected chi connectivity index (χ1v) is 11.2. The molecule has 3 heterocycles. The summed E-state index contributed by atoms with van der Waals surface area (Å²) < 4.78 is 38.9. The minimum Gasteiger partial charge on any atom is -0.481 e. The molecule has 6 nitrogen and oxygen atoms in total. The molecule has 0 saturated heterocycles. The van der Waals surface area contributed by atoms with Crippen molar-refractivity contribution in [3.8, 4) is 21.0 Å². The molecule has 0 atom stereocenters. The lowest BCUT2D eigenvalue weighted by atomic mass is 10.1. The summed E-state index contributed by atoms with van der Waals surface area (Å²) in [5.74, 6) is -0.903. The summed E-state index contributed by atoms with van der Waals surface area (Å²) in [6.07, 6.45) is -3.92. The van der Waals surface area contributed by atoms with Gasteiger partial charge < -0.3 is 16.2 Å². The van der Waals surface area contributed by atoms with E-state index in [2.05, 4.69) is 10.3 Å². The van der Waals surface area contributed by atoms with E-state index in [0.717, 1.165) is 32.9 Å². The molecule has 0 aliphatic heterocycles. The summed E-state index contributed by atoms with van der Waals surface area (Å²) >= 11 is 2.89. The number of nitrogens with one attached hydrogen (secondary N) is 1. The van der Waals surface area contributed by atoms with Crippen LogP contribution in [0.4, 0.5) is 18.9 Å². The molecule has 1 aromatic carbocycles. The van der Waals surface area contributed by atoms with Gasteiger partial charge in [0.15, 0.2) is 0 Å². The van der Waals surface area contributed by atoms with Crippen LogP contribution in [0, 0.1) is 0 Å². The number of carboxylic acids is 1. The summed E-state index contributed by atoms with van der Waals surface area (Å²) in [4.78, 5) is 26.2. The predicted molar refractivity (Wildman–Crippen MR) is 124 cm³/mol. The number of hydrogen-bond acceptors (Lipinski definition) is 6. The Morgan fingerprint density at radius 3 is 2.61 bits per heavy atom. The van der Waals surface area contributed by atoms with Gasteiger partial charge in [-0.1, -0.05) is 18.2 Å². The smallest absolute Gasteiger partial charge is 0.416 e. The maximum atomic E-state index is 13.0.